The molecule has 8 nitrogen and oxygen atoms in total. The molecule has 5 aromatic rings. The number of benzene rings is 3. The molecule has 2 heterocycles. The number of halogens is 1. The van der Waals surface area contributed by atoms with Gasteiger partial charge in [0.15, 0.2) is 5.78 Å². The van der Waals surface area contributed by atoms with Gasteiger partial charge in [-0.2, -0.15) is 4.98 Å². The highest BCUT2D eigenvalue weighted by Gasteiger charge is 2.24. The second-order valence-corrected chi connectivity index (χ2v) is 9.63. The van der Waals surface area contributed by atoms with Gasteiger partial charge in [-0.1, -0.05) is 28.9 Å². The quantitative estimate of drug-likeness (QED) is 0.197. The molecule has 0 fully saturated rings. The highest BCUT2D eigenvalue weighted by atomic mass is 19.1. The van der Waals surface area contributed by atoms with Gasteiger partial charge in [-0.15, -0.1) is 0 Å². The van der Waals surface area contributed by atoms with Crippen molar-refractivity contribution in [1.29, 1.82) is 0 Å². The molecule has 3 aromatic carbocycles. The van der Waals surface area contributed by atoms with Crippen LogP contribution in [0.25, 0.3) is 34.1 Å². The lowest BCUT2D eigenvalue weighted by molar-refractivity contribution is -0.141. The zero-order valence-corrected chi connectivity index (χ0v) is 22.4. The normalized spacial score (nSPS) is 11.7. The summed E-state index contributed by atoms with van der Waals surface area (Å²) in [4.78, 5) is 33.7. The third-order valence-electron chi connectivity index (χ3n) is 6.73. The topological polar surface area (TPSA) is 115 Å². The molecule has 0 spiro atoms. The number of nitrogens with zero attached hydrogens (tertiary/aromatic N) is 3. The van der Waals surface area contributed by atoms with E-state index in [4.69, 9.17) is 9.26 Å². The molecule has 0 amide bonds. The highest BCUT2D eigenvalue weighted by molar-refractivity contribution is 5.98. The minimum absolute atomic E-state index is 0.0322. The van der Waals surface area contributed by atoms with Crippen molar-refractivity contribution in [1.82, 2.24) is 15.1 Å². The van der Waals surface area contributed by atoms with Crippen LogP contribution in [0.2, 0.25) is 0 Å². The Morgan fingerprint density at radius 2 is 1.71 bits per heavy atom. The fourth-order valence-electron chi connectivity index (χ4n) is 4.41. The monoisotopic (exact) mass is 551 g/mol. The lowest BCUT2D eigenvalue weighted by Crippen LogP contribution is -2.20. The maximum absolute atomic E-state index is 15.1. The zero-order valence-electron chi connectivity index (χ0n) is 22.4. The molecule has 5 rings (SSSR count). The predicted octanol–water partition coefficient (Wildman–Crippen LogP) is 6.44. The number of ketones is 1. The second-order valence-electron chi connectivity index (χ2n) is 9.63. The molecule has 206 valence electrons. The molecule has 1 unspecified atom stereocenters. The molecule has 0 saturated carbocycles. The molecule has 1 N–H and O–H groups in total. The first-order valence-electron chi connectivity index (χ1n) is 12.9. The molecule has 2 aromatic heterocycles. The van der Waals surface area contributed by atoms with Gasteiger partial charge in [-0.3, -0.25) is 14.6 Å². The Bertz CT molecular complexity index is 1700. The number of hydrogen-bond acceptors (Lipinski definition) is 7. The lowest BCUT2D eigenvalue weighted by Gasteiger charge is -2.13. The molecule has 0 saturated heterocycles. The van der Waals surface area contributed by atoms with Gasteiger partial charge >= 0.3 is 5.97 Å². The van der Waals surface area contributed by atoms with Crippen LogP contribution in [-0.4, -0.2) is 39.1 Å². The molecular formula is C32H26FN3O5. The Kier molecular flexibility index (Phi) is 7.96. The standard InChI is InChI=1S/C32H26FN3O5/c1-19-3-6-22(7-4-19)31-35-30(36-41-31)26-12-5-20(16-27(26)33)15-24(32(38)39)18-29(37)23-13-14-34-28(17-23)21-8-10-25(40-2)11-9-21/h3-14,16-17,24H,15,18H2,1-2H3,(H,38,39). The van der Waals surface area contributed by atoms with Gasteiger partial charge in [0.1, 0.15) is 11.6 Å². The smallest absolute Gasteiger partial charge is 0.307 e. The summed E-state index contributed by atoms with van der Waals surface area (Å²) in [5.74, 6) is -2.12. The number of pyridine rings is 1. The second kappa shape index (κ2) is 11.9. The van der Waals surface area contributed by atoms with E-state index in [1.165, 1.54) is 18.3 Å². The van der Waals surface area contributed by atoms with E-state index in [0.29, 0.717) is 28.1 Å². The number of aromatic nitrogens is 3. The highest BCUT2D eigenvalue weighted by Crippen LogP contribution is 2.27. The van der Waals surface area contributed by atoms with Crippen LogP contribution in [0.1, 0.15) is 27.9 Å². The Morgan fingerprint density at radius 1 is 0.976 bits per heavy atom. The number of hydrogen-bond donors (Lipinski definition) is 1. The average Bonchev–Trinajstić information content (AvgIpc) is 3.47. The number of methoxy groups -OCH3 is 1. The van der Waals surface area contributed by atoms with Crippen molar-refractivity contribution in [2.24, 2.45) is 5.92 Å². The Morgan fingerprint density at radius 3 is 2.39 bits per heavy atom. The number of carboxylic acids is 1. The number of carbonyl (C=O) groups is 2. The third-order valence-corrected chi connectivity index (χ3v) is 6.73. The van der Waals surface area contributed by atoms with Gasteiger partial charge in [0, 0.05) is 29.3 Å². The number of Topliss-reactive ketones (excluding diaryl/α,β-unsaturated/α-hetero) is 1. The number of carboxylic acid groups (broad SMARTS) is 1. The van der Waals surface area contributed by atoms with Gasteiger partial charge in [-0.25, -0.2) is 4.39 Å². The SMILES string of the molecule is COc1ccc(-c2cc(C(=O)CC(Cc3ccc(-c4noc(-c5ccc(C)cc5)n4)c(F)c3)C(=O)O)ccn2)cc1. The molecular weight excluding hydrogens is 525 g/mol. The van der Waals surface area contributed by atoms with Crippen LogP contribution in [-0.2, 0) is 11.2 Å². The lowest BCUT2D eigenvalue weighted by atomic mass is 9.91. The number of rotatable bonds is 10. The minimum atomic E-state index is -1.15. The van der Waals surface area contributed by atoms with Gasteiger partial charge in [0.2, 0.25) is 5.82 Å². The summed E-state index contributed by atoms with van der Waals surface area (Å²) in [5.41, 5.74) is 4.07. The summed E-state index contributed by atoms with van der Waals surface area (Å²) >= 11 is 0. The number of carbonyl (C=O) groups excluding carboxylic acids is 1. The average molecular weight is 552 g/mol. The van der Waals surface area contributed by atoms with Crippen molar-refractivity contribution in [3.8, 4) is 39.8 Å². The van der Waals surface area contributed by atoms with Crippen LogP contribution < -0.4 is 4.74 Å². The molecule has 0 radical (unpaired) electrons. The van der Waals surface area contributed by atoms with Crippen molar-refractivity contribution < 1.29 is 28.3 Å². The van der Waals surface area contributed by atoms with E-state index in [-0.39, 0.29) is 35.9 Å². The first-order valence-corrected chi connectivity index (χ1v) is 12.9. The van der Waals surface area contributed by atoms with E-state index in [1.807, 2.05) is 43.3 Å². The number of ether oxygens (including phenoxy) is 1. The van der Waals surface area contributed by atoms with Crippen LogP contribution in [0.5, 0.6) is 5.75 Å². The van der Waals surface area contributed by atoms with E-state index < -0.39 is 17.7 Å². The van der Waals surface area contributed by atoms with Crippen LogP contribution in [0, 0.1) is 18.7 Å². The van der Waals surface area contributed by atoms with Crippen LogP contribution >= 0.6 is 0 Å². The maximum atomic E-state index is 15.1. The first kappa shape index (κ1) is 27.4. The van der Waals surface area contributed by atoms with E-state index in [9.17, 15) is 14.7 Å². The van der Waals surface area contributed by atoms with Crippen molar-refractivity contribution in [3.05, 3.63) is 108 Å². The molecule has 0 aliphatic carbocycles. The fraction of sp³-hybridized carbons (Fsp3) is 0.156. The summed E-state index contributed by atoms with van der Waals surface area (Å²) in [7, 11) is 1.57. The summed E-state index contributed by atoms with van der Waals surface area (Å²) < 4.78 is 25.6. The maximum Gasteiger partial charge on any atom is 0.307 e. The Balaban J connectivity index is 1.29. The Labute approximate surface area is 235 Å². The zero-order chi connectivity index (χ0) is 28.9. The molecule has 0 bridgehead atoms. The summed E-state index contributed by atoms with van der Waals surface area (Å²) in [6.07, 6.45) is 1.23. The largest absolute Gasteiger partial charge is 0.497 e. The summed E-state index contributed by atoms with van der Waals surface area (Å²) in [5, 5.41) is 13.7. The van der Waals surface area contributed by atoms with Gasteiger partial charge in [0.05, 0.1) is 24.3 Å². The van der Waals surface area contributed by atoms with Gasteiger partial charge in [-0.05, 0) is 79.6 Å². The Hall–Kier alpha value is -5.18. The molecule has 41 heavy (non-hydrogen) atoms. The van der Waals surface area contributed by atoms with E-state index in [1.54, 1.807) is 37.4 Å². The molecule has 9 heteroatoms. The van der Waals surface area contributed by atoms with Gasteiger partial charge in [0.25, 0.3) is 5.89 Å². The fourth-order valence-corrected chi connectivity index (χ4v) is 4.41. The summed E-state index contributed by atoms with van der Waals surface area (Å²) in [6, 6.07) is 22.2. The summed E-state index contributed by atoms with van der Waals surface area (Å²) in [6.45, 7) is 1.96. The molecule has 0 aliphatic heterocycles. The molecule has 0 aliphatic rings. The van der Waals surface area contributed by atoms with E-state index in [0.717, 1.165) is 11.1 Å². The van der Waals surface area contributed by atoms with Gasteiger partial charge < -0.3 is 14.4 Å². The molecule has 1 atom stereocenters. The van der Waals surface area contributed by atoms with E-state index >= 15 is 4.39 Å². The van der Waals surface area contributed by atoms with Crippen LogP contribution in [0.4, 0.5) is 4.39 Å². The van der Waals surface area contributed by atoms with Crippen molar-refractivity contribution in [2.45, 2.75) is 19.8 Å². The predicted molar refractivity (Wildman–Crippen MR) is 150 cm³/mol. The number of aryl methyl sites for hydroxylation is 1. The third kappa shape index (κ3) is 6.36. The van der Waals surface area contributed by atoms with Crippen LogP contribution in [0.15, 0.2) is 89.6 Å². The van der Waals surface area contributed by atoms with E-state index in [2.05, 4.69) is 15.1 Å². The van der Waals surface area contributed by atoms with Crippen LogP contribution in [0.3, 0.4) is 0 Å². The first-order chi connectivity index (χ1) is 19.8. The number of aliphatic carboxylic acids is 1. The van der Waals surface area contributed by atoms with Crippen molar-refractivity contribution in [3.63, 3.8) is 0 Å². The minimum Gasteiger partial charge on any atom is -0.497 e. The van der Waals surface area contributed by atoms with Crippen molar-refractivity contribution in [2.75, 3.05) is 7.11 Å². The van der Waals surface area contributed by atoms with Crippen molar-refractivity contribution >= 4 is 11.8 Å².